The number of ether oxygens (including phenoxy) is 1. The first kappa shape index (κ1) is 14.0. The fourth-order valence-electron chi connectivity index (χ4n) is 1.63. The van der Waals surface area contributed by atoms with Gasteiger partial charge in [-0.2, -0.15) is 0 Å². The van der Waals surface area contributed by atoms with Gasteiger partial charge in [-0.15, -0.1) is 0 Å². The second-order valence-corrected chi connectivity index (χ2v) is 5.09. The number of nitrogens with zero attached hydrogens (tertiary/aromatic N) is 1. The minimum atomic E-state index is -0.565. The van der Waals surface area contributed by atoms with Gasteiger partial charge in [0.2, 0.25) is 0 Å². The smallest absolute Gasteiger partial charge is 0.328 e. The molecule has 0 amide bonds. The zero-order chi connectivity index (χ0) is 13.0. The third kappa shape index (κ3) is 3.43. The van der Waals surface area contributed by atoms with Crippen LogP contribution in [-0.2, 0) is 9.53 Å². The number of esters is 1. The molecule has 1 atom stereocenters. The third-order valence-electron chi connectivity index (χ3n) is 2.43. The molecule has 0 aromatic carbocycles. The van der Waals surface area contributed by atoms with E-state index in [2.05, 4.69) is 15.9 Å². The molecular weight excluding hydrogens is 286 g/mol. The van der Waals surface area contributed by atoms with Crippen molar-refractivity contribution < 1.29 is 9.53 Å². The topological polar surface area (TPSA) is 48.3 Å². The highest BCUT2D eigenvalue weighted by atomic mass is 79.9. The Bertz CT molecular complexity index is 453. The fraction of sp³-hybridized carbons (Fsp3) is 0.500. The first-order valence-corrected chi connectivity index (χ1v) is 6.21. The molecule has 94 valence electrons. The molecule has 0 N–H and O–H groups in total. The van der Waals surface area contributed by atoms with Gasteiger partial charge in [0.15, 0.2) is 0 Å². The molecule has 0 aliphatic heterocycles. The Morgan fingerprint density at radius 1 is 1.53 bits per heavy atom. The Morgan fingerprint density at radius 2 is 2.18 bits per heavy atom. The highest BCUT2D eigenvalue weighted by molar-refractivity contribution is 9.10. The van der Waals surface area contributed by atoms with Gasteiger partial charge in [0.25, 0.3) is 5.56 Å². The van der Waals surface area contributed by atoms with Gasteiger partial charge in [0, 0.05) is 6.20 Å². The van der Waals surface area contributed by atoms with Crippen molar-refractivity contribution in [3.63, 3.8) is 0 Å². The molecule has 0 saturated heterocycles. The van der Waals surface area contributed by atoms with Crippen LogP contribution in [0, 0.1) is 5.92 Å². The van der Waals surface area contributed by atoms with Gasteiger partial charge < -0.3 is 9.30 Å². The molecule has 1 aromatic rings. The molecule has 0 spiro atoms. The van der Waals surface area contributed by atoms with Crippen LogP contribution in [-0.4, -0.2) is 17.6 Å². The SMILES string of the molecule is COC(=O)[C@H](CC(C)C)n1cccc(Br)c1=O. The number of aromatic nitrogens is 1. The maximum atomic E-state index is 11.9. The van der Waals surface area contributed by atoms with Gasteiger partial charge in [-0.25, -0.2) is 4.79 Å². The van der Waals surface area contributed by atoms with Crippen molar-refractivity contribution >= 4 is 21.9 Å². The van der Waals surface area contributed by atoms with E-state index in [0.29, 0.717) is 16.8 Å². The van der Waals surface area contributed by atoms with Crippen molar-refractivity contribution in [3.05, 3.63) is 33.2 Å². The van der Waals surface area contributed by atoms with Crippen LogP contribution in [0.3, 0.4) is 0 Å². The largest absolute Gasteiger partial charge is 0.467 e. The van der Waals surface area contributed by atoms with E-state index in [1.165, 1.54) is 11.7 Å². The van der Waals surface area contributed by atoms with Gasteiger partial charge in [-0.05, 0) is 40.4 Å². The quantitative estimate of drug-likeness (QED) is 0.802. The monoisotopic (exact) mass is 301 g/mol. The summed E-state index contributed by atoms with van der Waals surface area (Å²) >= 11 is 3.17. The molecule has 0 unspecified atom stereocenters. The summed E-state index contributed by atoms with van der Waals surface area (Å²) in [6.07, 6.45) is 2.18. The van der Waals surface area contributed by atoms with E-state index in [1.807, 2.05) is 13.8 Å². The average molecular weight is 302 g/mol. The predicted octanol–water partition coefficient (Wildman–Crippen LogP) is 2.37. The Hall–Kier alpha value is -1.10. The number of halogens is 1. The van der Waals surface area contributed by atoms with E-state index in [1.54, 1.807) is 18.3 Å². The predicted molar refractivity (Wildman–Crippen MR) is 68.9 cm³/mol. The molecule has 0 aliphatic carbocycles. The standard InChI is InChI=1S/C12H16BrNO3/c1-8(2)7-10(12(16)17-3)14-6-4-5-9(13)11(14)15/h4-6,8,10H,7H2,1-3H3/t10-/m0/s1. The lowest BCUT2D eigenvalue weighted by Crippen LogP contribution is -2.31. The molecule has 1 rings (SSSR count). The summed E-state index contributed by atoms with van der Waals surface area (Å²) in [5.41, 5.74) is -0.219. The van der Waals surface area contributed by atoms with Crippen LogP contribution in [0.25, 0.3) is 0 Å². The number of pyridine rings is 1. The second kappa shape index (κ2) is 6.00. The molecule has 0 aliphatic rings. The Morgan fingerprint density at radius 3 is 2.71 bits per heavy atom. The maximum Gasteiger partial charge on any atom is 0.328 e. The number of rotatable bonds is 4. The Kier molecular flexibility index (Phi) is 4.93. The molecule has 0 bridgehead atoms. The summed E-state index contributed by atoms with van der Waals surface area (Å²) in [6.45, 7) is 4.00. The minimum Gasteiger partial charge on any atom is -0.467 e. The van der Waals surface area contributed by atoms with Crippen LogP contribution >= 0.6 is 15.9 Å². The zero-order valence-corrected chi connectivity index (χ0v) is 11.7. The van der Waals surface area contributed by atoms with Crippen molar-refractivity contribution in [3.8, 4) is 0 Å². The van der Waals surface area contributed by atoms with E-state index >= 15 is 0 Å². The molecule has 0 fully saturated rings. The van der Waals surface area contributed by atoms with Crippen LogP contribution in [0.15, 0.2) is 27.6 Å². The molecule has 1 aromatic heterocycles. The van der Waals surface area contributed by atoms with Crippen molar-refractivity contribution in [2.75, 3.05) is 7.11 Å². The molecule has 5 heteroatoms. The van der Waals surface area contributed by atoms with Crippen molar-refractivity contribution in [1.29, 1.82) is 0 Å². The van der Waals surface area contributed by atoms with E-state index in [4.69, 9.17) is 4.74 Å². The highest BCUT2D eigenvalue weighted by Gasteiger charge is 2.23. The lowest BCUT2D eigenvalue weighted by atomic mass is 10.0. The molecule has 0 radical (unpaired) electrons. The number of carbonyl (C=O) groups is 1. The summed E-state index contributed by atoms with van der Waals surface area (Å²) in [4.78, 5) is 23.6. The van der Waals surface area contributed by atoms with Crippen LogP contribution in [0.5, 0.6) is 0 Å². The van der Waals surface area contributed by atoms with Crippen LogP contribution in [0.4, 0.5) is 0 Å². The van der Waals surface area contributed by atoms with E-state index in [9.17, 15) is 9.59 Å². The fourth-order valence-corrected chi connectivity index (χ4v) is 1.99. The first-order valence-electron chi connectivity index (χ1n) is 5.41. The third-order valence-corrected chi connectivity index (χ3v) is 3.04. The van der Waals surface area contributed by atoms with Gasteiger partial charge in [-0.3, -0.25) is 4.79 Å². The number of hydrogen-bond acceptors (Lipinski definition) is 3. The van der Waals surface area contributed by atoms with Gasteiger partial charge in [-0.1, -0.05) is 13.8 Å². The summed E-state index contributed by atoms with van der Waals surface area (Å²) in [5, 5.41) is 0. The summed E-state index contributed by atoms with van der Waals surface area (Å²) in [7, 11) is 1.33. The van der Waals surface area contributed by atoms with Crippen LogP contribution in [0.1, 0.15) is 26.3 Å². The number of methoxy groups -OCH3 is 1. The van der Waals surface area contributed by atoms with Crippen LogP contribution in [0.2, 0.25) is 0 Å². The van der Waals surface area contributed by atoms with Crippen molar-refractivity contribution in [1.82, 2.24) is 4.57 Å². The summed E-state index contributed by atoms with van der Waals surface area (Å²) < 4.78 is 6.60. The first-order chi connectivity index (χ1) is 7.97. The minimum absolute atomic E-state index is 0.219. The molecule has 4 nitrogen and oxygen atoms in total. The second-order valence-electron chi connectivity index (χ2n) is 4.24. The van der Waals surface area contributed by atoms with E-state index < -0.39 is 6.04 Å². The summed E-state index contributed by atoms with van der Waals surface area (Å²) in [5.74, 6) is -0.0936. The zero-order valence-electron chi connectivity index (χ0n) is 10.1. The maximum absolute atomic E-state index is 11.9. The van der Waals surface area contributed by atoms with Gasteiger partial charge in [0.05, 0.1) is 11.6 Å². The summed E-state index contributed by atoms with van der Waals surface area (Å²) in [6, 6.07) is 2.81. The Labute approximate surface area is 109 Å². The average Bonchev–Trinajstić information content (AvgIpc) is 2.29. The number of hydrogen-bond donors (Lipinski definition) is 0. The number of carbonyl (C=O) groups excluding carboxylic acids is 1. The molecule has 0 saturated carbocycles. The van der Waals surface area contributed by atoms with Gasteiger partial charge in [0.1, 0.15) is 6.04 Å². The van der Waals surface area contributed by atoms with Crippen molar-refractivity contribution in [2.24, 2.45) is 5.92 Å². The van der Waals surface area contributed by atoms with Crippen molar-refractivity contribution in [2.45, 2.75) is 26.3 Å². The van der Waals surface area contributed by atoms with Gasteiger partial charge >= 0.3 is 5.97 Å². The van der Waals surface area contributed by atoms with E-state index in [0.717, 1.165) is 0 Å². The van der Waals surface area contributed by atoms with E-state index in [-0.39, 0.29) is 11.5 Å². The molecular formula is C12H16BrNO3. The lowest BCUT2D eigenvalue weighted by molar-refractivity contribution is -0.145. The highest BCUT2D eigenvalue weighted by Crippen LogP contribution is 2.18. The van der Waals surface area contributed by atoms with Crippen LogP contribution < -0.4 is 5.56 Å². The Balaban J connectivity index is 3.17. The normalized spacial score (nSPS) is 12.5. The molecule has 1 heterocycles. The lowest BCUT2D eigenvalue weighted by Gasteiger charge is -2.19. The molecule has 17 heavy (non-hydrogen) atoms.